The number of para-hydroxylation sites is 1. The molecule has 9 heteroatoms. The second-order valence-electron chi connectivity index (χ2n) is 6.74. The van der Waals surface area contributed by atoms with Gasteiger partial charge in [-0.1, -0.05) is 18.2 Å². The molecule has 2 aromatic heterocycles. The van der Waals surface area contributed by atoms with Gasteiger partial charge >= 0.3 is 0 Å². The lowest BCUT2D eigenvalue weighted by Gasteiger charge is -2.23. The third-order valence-corrected chi connectivity index (χ3v) is 6.58. The highest BCUT2D eigenvalue weighted by Gasteiger charge is 2.32. The molecular formula is C19H19N5O3S. The first kappa shape index (κ1) is 18.3. The molecule has 4 rings (SSSR count). The molecule has 0 radical (unpaired) electrons. The van der Waals surface area contributed by atoms with Crippen LogP contribution in [0.25, 0.3) is 10.9 Å². The van der Waals surface area contributed by atoms with E-state index in [-0.39, 0.29) is 29.1 Å². The largest absolute Gasteiger partial charge is 0.340 e. The van der Waals surface area contributed by atoms with Gasteiger partial charge in [0, 0.05) is 30.9 Å². The van der Waals surface area contributed by atoms with E-state index in [1.807, 2.05) is 24.3 Å². The molecule has 1 unspecified atom stereocenters. The first-order valence-electron chi connectivity index (χ1n) is 8.84. The van der Waals surface area contributed by atoms with Crippen LogP contribution in [-0.4, -0.2) is 53.9 Å². The highest BCUT2D eigenvalue weighted by molar-refractivity contribution is 7.91. The Morgan fingerprint density at radius 3 is 2.75 bits per heavy atom. The van der Waals surface area contributed by atoms with Crippen molar-refractivity contribution >= 4 is 38.3 Å². The minimum Gasteiger partial charge on any atom is -0.340 e. The highest BCUT2D eigenvalue weighted by Crippen LogP contribution is 2.22. The van der Waals surface area contributed by atoms with Crippen molar-refractivity contribution in [2.24, 2.45) is 0 Å². The van der Waals surface area contributed by atoms with E-state index in [0.29, 0.717) is 23.6 Å². The summed E-state index contributed by atoms with van der Waals surface area (Å²) in [6.45, 7) is 0. The van der Waals surface area contributed by atoms with Gasteiger partial charge in [-0.25, -0.2) is 18.4 Å². The summed E-state index contributed by atoms with van der Waals surface area (Å²) in [5.74, 6) is 0.182. The smallest absolute Gasteiger partial charge is 0.274 e. The van der Waals surface area contributed by atoms with Gasteiger partial charge in [0.25, 0.3) is 5.91 Å². The van der Waals surface area contributed by atoms with Crippen molar-refractivity contribution in [3.05, 3.63) is 54.5 Å². The number of nitrogens with zero attached hydrogens (tertiary/aromatic N) is 4. The van der Waals surface area contributed by atoms with Gasteiger partial charge < -0.3 is 10.2 Å². The number of fused-ring (bicyclic) bond motifs is 1. The topological polar surface area (TPSA) is 105 Å². The zero-order valence-electron chi connectivity index (χ0n) is 15.2. The molecule has 0 aliphatic carbocycles. The van der Waals surface area contributed by atoms with Crippen LogP contribution in [0.15, 0.2) is 48.8 Å². The number of nitrogens with one attached hydrogen (secondary N) is 1. The number of anilines is 2. The predicted octanol–water partition coefficient (Wildman–Crippen LogP) is 1.90. The quantitative estimate of drug-likeness (QED) is 0.717. The fourth-order valence-corrected chi connectivity index (χ4v) is 5.05. The van der Waals surface area contributed by atoms with E-state index >= 15 is 0 Å². The summed E-state index contributed by atoms with van der Waals surface area (Å²) >= 11 is 0. The zero-order valence-corrected chi connectivity index (χ0v) is 16.1. The van der Waals surface area contributed by atoms with Crippen LogP contribution in [-0.2, 0) is 9.84 Å². The van der Waals surface area contributed by atoms with Gasteiger partial charge in [0.15, 0.2) is 9.84 Å². The Kier molecular flexibility index (Phi) is 4.68. The molecule has 1 aliphatic rings. The summed E-state index contributed by atoms with van der Waals surface area (Å²) in [5.41, 5.74) is 1.49. The lowest BCUT2D eigenvalue weighted by Crippen LogP contribution is -2.34. The molecule has 1 amide bonds. The molecule has 0 saturated carbocycles. The van der Waals surface area contributed by atoms with Crippen molar-refractivity contribution < 1.29 is 13.2 Å². The lowest BCUT2D eigenvalue weighted by atomic mass is 10.2. The summed E-state index contributed by atoms with van der Waals surface area (Å²) in [7, 11) is -1.27. The van der Waals surface area contributed by atoms with Crippen LogP contribution < -0.4 is 10.2 Å². The number of pyridine rings is 1. The Balaban J connectivity index is 1.56. The molecule has 1 fully saturated rings. The highest BCUT2D eigenvalue weighted by atomic mass is 32.2. The standard InChI is InChI=1S/C19H19N5O3S/c1-24(14-8-11-28(26,27)12-14)19-21-10-7-16(23-19)18(25)22-15-6-2-4-13-5-3-9-20-17(13)15/h2-7,9-10,14H,8,11-12H2,1H3,(H,22,25). The monoisotopic (exact) mass is 397 g/mol. The van der Waals surface area contributed by atoms with Gasteiger partial charge in [0.05, 0.1) is 22.7 Å². The minimum atomic E-state index is -3.02. The van der Waals surface area contributed by atoms with Crippen molar-refractivity contribution in [3.8, 4) is 0 Å². The van der Waals surface area contributed by atoms with E-state index in [4.69, 9.17) is 0 Å². The average molecular weight is 397 g/mol. The number of benzene rings is 1. The first-order valence-corrected chi connectivity index (χ1v) is 10.7. The summed E-state index contributed by atoms with van der Waals surface area (Å²) in [5, 5.41) is 3.77. The number of amides is 1. The Bertz CT molecular complexity index is 1140. The summed E-state index contributed by atoms with van der Waals surface area (Å²) in [6, 6.07) is 10.6. The SMILES string of the molecule is CN(c1nccc(C(=O)Nc2cccc3cccnc23)n1)C1CCS(=O)(=O)C1. The van der Waals surface area contributed by atoms with E-state index in [1.165, 1.54) is 12.3 Å². The second kappa shape index (κ2) is 7.16. The molecule has 8 nitrogen and oxygen atoms in total. The van der Waals surface area contributed by atoms with Crippen LogP contribution >= 0.6 is 0 Å². The molecule has 1 N–H and O–H groups in total. The van der Waals surface area contributed by atoms with Crippen molar-refractivity contribution in [2.75, 3.05) is 28.8 Å². The number of hydrogen-bond donors (Lipinski definition) is 1. The molecule has 0 spiro atoms. The molecule has 1 saturated heterocycles. The number of hydrogen-bond acceptors (Lipinski definition) is 7. The Morgan fingerprint density at radius 2 is 1.96 bits per heavy atom. The molecule has 144 valence electrons. The Morgan fingerprint density at radius 1 is 1.14 bits per heavy atom. The lowest BCUT2D eigenvalue weighted by molar-refractivity contribution is 0.102. The summed E-state index contributed by atoms with van der Waals surface area (Å²) in [6.07, 6.45) is 3.70. The third kappa shape index (κ3) is 3.65. The van der Waals surface area contributed by atoms with Crippen LogP contribution in [0.5, 0.6) is 0 Å². The van der Waals surface area contributed by atoms with E-state index in [0.717, 1.165) is 5.39 Å². The van der Waals surface area contributed by atoms with Gasteiger partial charge in [-0.15, -0.1) is 0 Å². The zero-order chi connectivity index (χ0) is 19.7. The van der Waals surface area contributed by atoms with E-state index in [2.05, 4.69) is 20.3 Å². The molecule has 3 aromatic rings. The van der Waals surface area contributed by atoms with Crippen LogP contribution in [0.3, 0.4) is 0 Å². The third-order valence-electron chi connectivity index (χ3n) is 4.83. The van der Waals surface area contributed by atoms with Gasteiger partial charge in [-0.2, -0.15) is 0 Å². The maximum atomic E-state index is 12.7. The molecule has 1 aromatic carbocycles. The molecule has 3 heterocycles. The number of aromatic nitrogens is 3. The molecule has 1 aliphatic heterocycles. The molecule has 0 bridgehead atoms. The van der Waals surface area contributed by atoms with Crippen LogP contribution in [0.1, 0.15) is 16.9 Å². The Hall–Kier alpha value is -3.07. The maximum Gasteiger partial charge on any atom is 0.274 e. The van der Waals surface area contributed by atoms with Crippen LogP contribution in [0.4, 0.5) is 11.6 Å². The maximum absolute atomic E-state index is 12.7. The van der Waals surface area contributed by atoms with Gasteiger partial charge in [-0.3, -0.25) is 9.78 Å². The molecular weight excluding hydrogens is 378 g/mol. The van der Waals surface area contributed by atoms with Gasteiger partial charge in [0.1, 0.15) is 5.69 Å². The van der Waals surface area contributed by atoms with E-state index in [9.17, 15) is 13.2 Å². The number of carbonyl (C=O) groups is 1. The predicted molar refractivity (Wildman–Crippen MR) is 107 cm³/mol. The van der Waals surface area contributed by atoms with Crippen LogP contribution in [0, 0.1) is 0 Å². The van der Waals surface area contributed by atoms with Crippen molar-refractivity contribution in [1.82, 2.24) is 15.0 Å². The molecule has 1 atom stereocenters. The van der Waals surface area contributed by atoms with Crippen molar-refractivity contribution in [3.63, 3.8) is 0 Å². The number of sulfone groups is 1. The number of rotatable bonds is 4. The van der Waals surface area contributed by atoms with Crippen molar-refractivity contribution in [2.45, 2.75) is 12.5 Å². The van der Waals surface area contributed by atoms with Gasteiger partial charge in [-0.05, 0) is 24.6 Å². The normalized spacial score (nSPS) is 18.1. The Labute approximate surface area is 162 Å². The number of carbonyl (C=O) groups excluding carboxylic acids is 1. The summed E-state index contributed by atoms with van der Waals surface area (Å²) < 4.78 is 23.4. The van der Waals surface area contributed by atoms with Gasteiger partial charge in [0.2, 0.25) is 5.95 Å². The fourth-order valence-electron chi connectivity index (χ4n) is 3.28. The molecule has 28 heavy (non-hydrogen) atoms. The van der Waals surface area contributed by atoms with Crippen molar-refractivity contribution in [1.29, 1.82) is 0 Å². The average Bonchev–Trinajstić information content (AvgIpc) is 3.07. The van der Waals surface area contributed by atoms with E-state index in [1.54, 1.807) is 24.2 Å². The first-order chi connectivity index (χ1) is 13.4. The minimum absolute atomic E-state index is 0.0744. The van der Waals surface area contributed by atoms with E-state index < -0.39 is 9.84 Å². The summed E-state index contributed by atoms with van der Waals surface area (Å²) in [4.78, 5) is 27.3. The second-order valence-corrected chi connectivity index (χ2v) is 8.97. The fraction of sp³-hybridized carbons (Fsp3) is 0.263. The van der Waals surface area contributed by atoms with Crippen LogP contribution in [0.2, 0.25) is 0 Å².